The van der Waals surface area contributed by atoms with Crippen LogP contribution in [-0.2, 0) is 0 Å². The lowest BCUT2D eigenvalue weighted by Crippen LogP contribution is -2.40. The molecule has 0 spiro atoms. The van der Waals surface area contributed by atoms with Crippen LogP contribution in [0.25, 0.3) is 10.1 Å². The van der Waals surface area contributed by atoms with Gasteiger partial charge in [0.2, 0.25) is 0 Å². The lowest BCUT2D eigenvalue weighted by molar-refractivity contribution is 0.308. The minimum atomic E-state index is -0.145. The predicted octanol–water partition coefficient (Wildman–Crippen LogP) is 5.21. The molecule has 0 bridgehead atoms. The first kappa shape index (κ1) is 17.2. The molecule has 2 aromatic rings. The molecule has 1 saturated heterocycles. The second-order valence-electron chi connectivity index (χ2n) is 6.26. The molecule has 0 aliphatic carbocycles. The summed E-state index contributed by atoms with van der Waals surface area (Å²) in [7, 11) is 0. The van der Waals surface area contributed by atoms with E-state index in [9.17, 15) is 4.39 Å². The fraction of sp³-hybridized carbons (Fsp3) is 0.556. The molecule has 0 atom stereocenters. The standard InChI is InChI=1S/C18H25FN2S2/c1-3-4-9-20-15-7-10-21(11-8-15)23-18-13(2)16-12-14(19)5-6-17(16)22-18/h5-6,12,15,20H,3-4,7-11H2,1-2H3. The van der Waals surface area contributed by atoms with E-state index in [0.29, 0.717) is 6.04 Å². The largest absolute Gasteiger partial charge is 0.314 e. The number of aryl methyl sites for hydroxylation is 1. The van der Waals surface area contributed by atoms with Gasteiger partial charge in [0.1, 0.15) is 5.82 Å². The van der Waals surface area contributed by atoms with E-state index in [4.69, 9.17) is 0 Å². The van der Waals surface area contributed by atoms with E-state index in [0.717, 1.165) is 25.0 Å². The number of hydrogen-bond acceptors (Lipinski definition) is 4. The number of piperidine rings is 1. The fourth-order valence-electron chi connectivity index (χ4n) is 3.01. The molecule has 2 nitrogen and oxygen atoms in total. The SMILES string of the molecule is CCCCNC1CCN(Sc2sc3ccc(F)cc3c2C)CC1. The monoisotopic (exact) mass is 352 g/mol. The Kier molecular flexibility index (Phi) is 5.96. The first-order valence-corrected chi connectivity index (χ1v) is 10.1. The minimum absolute atomic E-state index is 0.145. The third-order valence-corrected chi connectivity index (χ3v) is 7.12. The Labute approximate surface area is 146 Å². The average molecular weight is 353 g/mol. The summed E-state index contributed by atoms with van der Waals surface area (Å²) in [6, 6.07) is 5.79. The number of benzene rings is 1. The van der Waals surface area contributed by atoms with Crippen molar-refractivity contribution in [2.24, 2.45) is 0 Å². The minimum Gasteiger partial charge on any atom is -0.314 e. The maximum Gasteiger partial charge on any atom is 0.123 e. The molecule has 126 valence electrons. The highest BCUT2D eigenvalue weighted by Crippen LogP contribution is 2.40. The Bertz CT molecular complexity index is 648. The van der Waals surface area contributed by atoms with Crippen molar-refractivity contribution < 1.29 is 4.39 Å². The molecular weight excluding hydrogens is 327 g/mol. The molecule has 2 heterocycles. The van der Waals surface area contributed by atoms with Gasteiger partial charge in [-0.25, -0.2) is 8.70 Å². The van der Waals surface area contributed by atoms with Crippen LogP contribution in [0.2, 0.25) is 0 Å². The second-order valence-corrected chi connectivity index (χ2v) is 8.68. The fourth-order valence-corrected chi connectivity index (χ4v) is 5.54. The summed E-state index contributed by atoms with van der Waals surface area (Å²) in [6.07, 6.45) is 4.96. The van der Waals surface area contributed by atoms with Crippen LogP contribution in [0.4, 0.5) is 4.39 Å². The summed E-state index contributed by atoms with van der Waals surface area (Å²) in [4.78, 5) is 0. The van der Waals surface area contributed by atoms with Gasteiger partial charge >= 0.3 is 0 Å². The van der Waals surface area contributed by atoms with Crippen molar-refractivity contribution in [3.8, 4) is 0 Å². The Morgan fingerprint density at radius 3 is 2.87 bits per heavy atom. The van der Waals surface area contributed by atoms with Gasteiger partial charge in [-0.05, 0) is 73.8 Å². The van der Waals surface area contributed by atoms with Gasteiger partial charge < -0.3 is 5.32 Å². The maximum atomic E-state index is 13.4. The maximum absolute atomic E-state index is 13.4. The van der Waals surface area contributed by atoms with Crippen LogP contribution < -0.4 is 5.32 Å². The molecule has 0 unspecified atom stereocenters. The van der Waals surface area contributed by atoms with Gasteiger partial charge in [-0.2, -0.15) is 0 Å². The topological polar surface area (TPSA) is 15.3 Å². The van der Waals surface area contributed by atoms with Crippen molar-refractivity contribution in [2.45, 2.75) is 49.8 Å². The van der Waals surface area contributed by atoms with E-state index in [1.165, 1.54) is 40.2 Å². The van der Waals surface area contributed by atoms with Crippen molar-refractivity contribution in [3.05, 3.63) is 29.6 Å². The molecule has 1 aliphatic rings. The van der Waals surface area contributed by atoms with Crippen molar-refractivity contribution in [1.29, 1.82) is 0 Å². The highest BCUT2D eigenvalue weighted by atomic mass is 32.2. The van der Waals surface area contributed by atoms with E-state index in [2.05, 4.69) is 23.5 Å². The Morgan fingerprint density at radius 1 is 1.35 bits per heavy atom. The van der Waals surface area contributed by atoms with Crippen LogP contribution >= 0.6 is 23.3 Å². The lowest BCUT2D eigenvalue weighted by atomic mass is 10.1. The van der Waals surface area contributed by atoms with Crippen LogP contribution in [0.15, 0.2) is 22.4 Å². The van der Waals surface area contributed by atoms with Crippen molar-refractivity contribution in [3.63, 3.8) is 0 Å². The van der Waals surface area contributed by atoms with Crippen LogP contribution in [-0.4, -0.2) is 30.0 Å². The summed E-state index contributed by atoms with van der Waals surface area (Å²) in [5.74, 6) is -0.145. The zero-order valence-corrected chi connectivity index (χ0v) is 15.5. The molecule has 23 heavy (non-hydrogen) atoms. The number of fused-ring (bicyclic) bond motifs is 1. The quantitative estimate of drug-likeness (QED) is 0.567. The lowest BCUT2D eigenvalue weighted by Gasteiger charge is -2.31. The predicted molar refractivity (Wildman–Crippen MR) is 99.9 cm³/mol. The van der Waals surface area contributed by atoms with Gasteiger partial charge in [-0.15, -0.1) is 11.3 Å². The summed E-state index contributed by atoms with van der Waals surface area (Å²) >= 11 is 3.64. The zero-order valence-electron chi connectivity index (χ0n) is 13.9. The summed E-state index contributed by atoms with van der Waals surface area (Å²) in [6.45, 7) is 7.74. The van der Waals surface area contributed by atoms with Crippen molar-refractivity contribution >= 4 is 33.4 Å². The molecular formula is C18H25FN2S2. The van der Waals surface area contributed by atoms with E-state index >= 15 is 0 Å². The van der Waals surface area contributed by atoms with Gasteiger partial charge in [0.25, 0.3) is 0 Å². The molecule has 1 fully saturated rings. The van der Waals surface area contributed by atoms with Gasteiger partial charge in [0.05, 0.1) is 4.21 Å². The van der Waals surface area contributed by atoms with E-state index in [1.807, 2.05) is 18.0 Å². The second kappa shape index (κ2) is 7.97. The molecule has 0 radical (unpaired) electrons. The number of unbranched alkanes of at least 4 members (excludes halogenated alkanes) is 1. The first-order valence-electron chi connectivity index (χ1n) is 8.52. The van der Waals surface area contributed by atoms with Crippen LogP contribution in [0.3, 0.4) is 0 Å². The normalized spacial score (nSPS) is 17.2. The number of rotatable bonds is 6. The Morgan fingerprint density at radius 2 is 2.13 bits per heavy atom. The first-order chi connectivity index (χ1) is 11.2. The molecule has 3 rings (SSSR count). The number of halogens is 1. The third kappa shape index (κ3) is 4.27. The number of nitrogens with zero attached hydrogens (tertiary/aromatic N) is 1. The van der Waals surface area contributed by atoms with Gasteiger partial charge in [0.15, 0.2) is 0 Å². The highest BCUT2D eigenvalue weighted by Gasteiger charge is 2.21. The molecule has 5 heteroatoms. The van der Waals surface area contributed by atoms with E-state index in [-0.39, 0.29) is 5.82 Å². The van der Waals surface area contributed by atoms with Crippen molar-refractivity contribution in [1.82, 2.24) is 9.62 Å². The van der Waals surface area contributed by atoms with E-state index < -0.39 is 0 Å². The number of thiophene rings is 1. The third-order valence-electron chi connectivity index (χ3n) is 4.48. The van der Waals surface area contributed by atoms with Crippen LogP contribution in [0.5, 0.6) is 0 Å². The highest BCUT2D eigenvalue weighted by molar-refractivity contribution is 7.99. The van der Waals surface area contributed by atoms with Gasteiger partial charge in [0, 0.05) is 23.8 Å². The van der Waals surface area contributed by atoms with Gasteiger partial charge in [-0.3, -0.25) is 0 Å². The molecule has 1 aliphatic heterocycles. The molecule has 1 N–H and O–H groups in total. The molecule has 0 amide bonds. The molecule has 1 aromatic carbocycles. The van der Waals surface area contributed by atoms with E-state index in [1.54, 1.807) is 23.5 Å². The average Bonchev–Trinajstić information content (AvgIpc) is 2.85. The summed E-state index contributed by atoms with van der Waals surface area (Å²) in [5, 5.41) is 4.73. The number of nitrogens with one attached hydrogen (secondary N) is 1. The van der Waals surface area contributed by atoms with Gasteiger partial charge in [-0.1, -0.05) is 13.3 Å². The van der Waals surface area contributed by atoms with Crippen molar-refractivity contribution in [2.75, 3.05) is 19.6 Å². The molecule has 1 aromatic heterocycles. The Balaban J connectivity index is 1.57. The number of hydrogen-bond donors (Lipinski definition) is 1. The summed E-state index contributed by atoms with van der Waals surface area (Å²) < 4.78 is 18.4. The molecule has 0 saturated carbocycles. The van der Waals surface area contributed by atoms with Crippen LogP contribution in [0, 0.1) is 12.7 Å². The summed E-state index contributed by atoms with van der Waals surface area (Å²) in [5.41, 5.74) is 1.22. The Hall–Kier alpha value is -0.620. The van der Waals surface area contributed by atoms with Crippen LogP contribution in [0.1, 0.15) is 38.2 Å². The smallest absolute Gasteiger partial charge is 0.123 e. The zero-order chi connectivity index (χ0) is 16.2.